The Morgan fingerprint density at radius 2 is 1.83 bits per heavy atom. The van der Waals surface area contributed by atoms with Crippen molar-refractivity contribution in [2.75, 3.05) is 45.9 Å². The minimum absolute atomic E-state index is 0.0803. The highest BCUT2D eigenvalue weighted by Crippen LogP contribution is 2.21. The van der Waals surface area contributed by atoms with Gasteiger partial charge in [0.2, 0.25) is 0 Å². The third-order valence-corrected chi connectivity index (χ3v) is 5.74. The van der Waals surface area contributed by atoms with E-state index in [2.05, 4.69) is 21.9 Å². The third kappa shape index (κ3) is 6.06. The van der Waals surface area contributed by atoms with Crippen molar-refractivity contribution in [3.8, 4) is 5.75 Å². The molecular formula is C23H33N3O4. The largest absolute Gasteiger partial charge is 0.493 e. The second-order valence-corrected chi connectivity index (χ2v) is 7.86. The zero-order chi connectivity index (χ0) is 21.3. The molecule has 0 aliphatic carbocycles. The van der Waals surface area contributed by atoms with Crippen molar-refractivity contribution in [3.63, 3.8) is 0 Å². The number of nitrogens with zero attached hydrogens (tertiary/aromatic N) is 3. The molecule has 0 bridgehead atoms. The maximum Gasteiger partial charge on any atom is 0.266 e. The summed E-state index contributed by atoms with van der Waals surface area (Å²) in [4.78, 5) is 16.7. The number of rotatable bonds is 10. The van der Waals surface area contributed by atoms with E-state index >= 15 is 0 Å². The molecule has 3 rings (SSSR count). The molecule has 1 N–H and O–H groups in total. The molecule has 0 saturated carbocycles. The fourth-order valence-corrected chi connectivity index (χ4v) is 3.83. The van der Waals surface area contributed by atoms with E-state index in [1.165, 1.54) is 52.5 Å². The van der Waals surface area contributed by atoms with Crippen LogP contribution in [0.1, 0.15) is 49.9 Å². The Morgan fingerprint density at radius 3 is 2.53 bits per heavy atom. The van der Waals surface area contributed by atoms with Crippen molar-refractivity contribution in [1.29, 1.82) is 0 Å². The molecule has 0 unspecified atom stereocenters. The van der Waals surface area contributed by atoms with Gasteiger partial charge in [0.05, 0.1) is 12.2 Å². The van der Waals surface area contributed by atoms with Crippen molar-refractivity contribution in [2.24, 2.45) is 5.16 Å². The number of unbranched alkanes of at least 4 members (excludes halogenated alkanes) is 3. The lowest BCUT2D eigenvalue weighted by Gasteiger charge is -2.33. The first-order valence-corrected chi connectivity index (χ1v) is 10.9. The summed E-state index contributed by atoms with van der Waals surface area (Å²) < 4.78 is 11.4. The van der Waals surface area contributed by atoms with E-state index in [1.54, 1.807) is 12.1 Å². The fraction of sp³-hybridized carbons (Fsp3) is 0.565. The molecule has 1 fully saturated rings. The highest BCUT2D eigenvalue weighted by Gasteiger charge is 2.14. The summed E-state index contributed by atoms with van der Waals surface area (Å²) in [6, 6.07) is 7.15. The molecule has 1 aliphatic rings. The Balaban J connectivity index is 1.39. The number of likely N-dealkylation sites (N-methyl/N-ethyl adjacent to an activating group) is 1. The lowest BCUT2D eigenvalue weighted by Crippen LogP contribution is -2.46. The number of benzene rings is 1. The number of fused-ring (bicyclic) bond motifs is 1. The number of Topliss-reactive ketones (excluding diaryl/α,β-unsaturated/α-hetero) is 1. The Hall–Kier alpha value is -2.38. The van der Waals surface area contributed by atoms with Gasteiger partial charge < -0.3 is 24.2 Å². The molecule has 0 spiro atoms. The van der Waals surface area contributed by atoms with Gasteiger partial charge in [-0.2, -0.15) is 0 Å². The van der Waals surface area contributed by atoms with Crippen molar-refractivity contribution in [1.82, 2.24) is 9.80 Å². The molecule has 164 valence electrons. The number of carbonyl (C=O) groups is 1. The van der Waals surface area contributed by atoms with Crippen LogP contribution in [0.3, 0.4) is 0 Å². The number of hydrogen-bond donors (Lipinski definition) is 1. The third-order valence-electron chi connectivity index (χ3n) is 5.74. The fourth-order valence-electron chi connectivity index (χ4n) is 3.83. The average Bonchev–Trinajstić information content (AvgIpc) is 2.77. The lowest BCUT2D eigenvalue weighted by atomic mass is 10.1. The normalized spacial score (nSPS) is 16.3. The van der Waals surface area contributed by atoms with Crippen molar-refractivity contribution < 1.29 is 19.2 Å². The molecule has 2 aromatic rings. The zero-order valence-electron chi connectivity index (χ0n) is 18.1. The molecule has 1 aromatic carbocycles. The summed E-state index contributed by atoms with van der Waals surface area (Å²) in [5.74, 6) is 0.497. The summed E-state index contributed by atoms with van der Waals surface area (Å²) in [6.07, 6.45) is 4.63. The summed E-state index contributed by atoms with van der Waals surface area (Å²) in [5.41, 5.74) is 0.697. The van der Waals surface area contributed by atoms with E-state index in [1.807, 2.05) is 12.1 Å². The van der Waals surface area contributed by atoms with Gasteiger partial charge in [0.25, 0.3) is 5.55 Å². The van der Waals surface area contributed by atoms with Crippen LogP contribution in [0.15, 0.2) is 33.8 Å². The van der Waals surface area contributed by atoms with Crippen molar-refractivity contribution in [2.45, 2.75) is 39.5 Å². The molecule has 1 saturated heterocycles. The maximum absolute atomic E-state index is 11.6. The molecule has 7 nitrogen and oxygen atoms in total. The van der Waals surface area contributed by atoms with E-state index in [0.29, 0.717) is 17.9 Å². The van der Waals surface area contributed by atoms with Gasteiger partial charge in [-0.3, -0.25) is 4.79 Å². The van der Waals surface area contributed by atoms with Crippen LogP contribution in [0.4, 0.5) is 0 Å². The quantitative estimate of drug-likeness (QED) is 0.277. The van der Waals surface area contributed by atoms with Crippen LogP contribution in [0, 0.1) is 0 Å². The van der Waals surface area contributed by atoms with Crippen LogP contribution in [0.25, 0.3) is 11.0 Å². The van der Waals surface area contributed by atoms with E-state index in [9.17, 15) is 4.79 Å². The Morgan fingerprint density at radius 1 is 1.10 bits per heavy atom. The standard InChI is InChI=1S/C23H33N3O4/c1-3-25-11-13-26(14-12-25)10-6-4-5-7-15-29-20-9-8-19-16-21(18(2)27)23(24-28)30-22(19)17-20/h8-9,16-17,28H,3-7,10-15H2,1-2H3. The monoisotopic (exact) mass is 415 g/mol. The number of ketones is 1. The van der Waals surface area contributed by atoms with E-state index in [0.717, 1.165) is 24.8 Å². The first-order valence-electron chi connectivity index (χ1n) is 10.9. The molecule has 0 amide bonds. The molecule has 0 atom stereocenters. The zero-order valence-corrected chi connectivity index (χ0v) is 18.1. The van der Waals surface area contributed by atoms with Gasteiger partial charge in [-0.05, 0) is 56.2 Å². The van der Waals surface area contributed by atoms with Crippen LogP contribution in [-0.2, 0) is 0 Å². The van der Waals surface area contributed by atoms with E-state index in [-0.39, 0.29) is 16.9 Å². The molecule has 1 aromatic heterocycles. The van der Waals surface area contributed by atoms with Crippen molar-refractivity contribution >= 4 is 16.8 Å². The molecule has 7 heteroatoms. The van der Waals surface area contributed by atoms with Crippen LogP contribution < -0.4 is 10.3 Å². The predicted molar refractivity (Wildman–Crippen MR) is 116 cm³/mol. The molecule has 1 aliphatic heterocycles. The van der Waals surface area contributed by atoms with Gasteiger partial charge >= 0.3 is 0 Å². The number of ether oxygens (including phenoxy) is 1. The summed E-state index contributed by atoms with van der Waals surface area (Å²) >= 11 is 0. The van der Waals surface area contributed by atoms with Gasteiger partial charge in [-0.1, -0.05) is 19.8 Å². The summed E-state index contributed by atoms with van der Waals surface area (Å²) in [5, 5.41) is 12.9. The van der Waals surface area contributed by atoms with Crippen LogP contribution >= 0.6 is 0 Å². The van der Waals surface area contributed by atoms with Gasteiger partial charge in [0.15, 0.2) is 5.78 Å². The van der Waals surface area contributed by atoms with Crippen LogP contribution in [0.5, 0.6) is 5.75 Å². The summed E-state index contributed by atoms with van der Waals surface area (Å²) in [7, 11) is 0. The highest BCUT2D eigenvalue weighted by molar-refractivity contribution is 5.96. The second kappa shape index (κ2) is 11.1. The van der Waals surface area contributed by atoms with Gasteiger partial charge in [-0.25, -0.2) is 0 Å². The second-order valence-electron chi connectivity index (χ2n) is 7.86. The molecule has 0 radical (unpaired) electrons. The Bertz CT molecular complexity index is 901. The average molecular weight is 416 g/mol. The first-order chi connectivity index (χ1) is 14.6. The summed E-state index contributed by atoms with van der Waals surface area (Å²) in [6.45, 7) is 11.5. The topological polar surface area (TPSA) is 78.5 Å². The number of piperazine rings is 1. The molecule has 2 heterocycles. The van der Waals surface area contributed by atoms with Crippen LogP contribution in [0.2, 0.25) is 0 Å². The van der Waals surface area contributed by atoms with Crippen molar-refractivity contribution in [3.05, 3.63) is 35.4 Å². The SMILES string of the molecule is CCN1CCN(CCCCCCOc2ccc3cc(C(C)=O)c(=NO)oc3c2)CC1. The minimum Gasteiger partial charge on any atom is -0.493 e. The van der Waals surface area contributed by atoms with Gasteiger partial charge in [-0.15, -0.1) is 0 Å². The Kier molecular flexibility index (Phi) is 8.28. The van der Waals surface area contributed by atoms with E-state index in [4.69, 9.17) is 14.4 Å². The number of hydrogen-bond acceptors (Lipinski definition) is 7. The first kappa shape index (κ1) is 22.3. The van der Waals surface area contributed by atoms with E-state index < -0.39 is 0 Å². The highest BCUT2D eigenvalue weighted by atomic mass is 16.5. The van der Waals surface area contributed by atoms with Gasteiger partial charge in [0.1, 0.15) is 11.3 Å². The smallest absolute Gasteiger partial charge is 0.266 e. The predicted octanol–water partition coefficient (Wildman–Crippen LogP) is 3.50. The maximum atomic E-state index is 11.6. The Labute approximate surface area is 177 Å². The van der Waals surface area contributed by atoms with Gasteiger partial charge in [0, 0.05) is 37.6 Å². The molecule has 30 heavy (non-hydrogen) atoms. The van der Waals surface area contributed by atoms with Crippen LogP contribution in [-0.4, -0.2) is 66.7 Å². The number of carbonyl (C=O) groups excluding carboxylic acids is 1. The lowest BCUT2D eigenvalue weighted by molar-refractivity contribution is 0.101. The minimum atomic E-state index is -0.211. The molecular weight excluding hydrogens is 382 g/mol.